The largest absolute Gasteiger partial charge is 0.493 e. The van der Waals surface area contributed by atoms with Crippen molar-refractivity contribution < 1.29 is 18.9 Å². The lowest BCUT2D eigenvalue weighted by Gasteiger charge is -2.46. The highest BCUT2D eigenvalue weighted by Gasteiger charge is 2.41. The van der Waals surface area contributed by atoms with Crippen LogP contribution in [0.25, 0.3) is 0 Å². The predicted molar refractivity (Wildman–Crippen MR) is 107 cm³/mol. The van der Waals surface area contributed by atoms with Crippen LogP contribution in [0.15, 0.2) is 24.3 Å². The van der Waals surface area contributed by atoms with Crippen LogP contribution >= 0.6 is 0 Å². The van der Waals surface area contributed by atoms with Crippen molar-refractivity contribution in [1.82, 2.24) is 4.90 Å². The van der Waals surface area contributed by atoms with Gasteiger partial charge in [0.2, 0.25) is 6.79 Å². The van der Waals surface area contributed by atoms with Crippen molar-refractivity contribution in [3.05, 3.63) is 46.5 Å². The molecule has 148 valence electrons. The molecular weight excluding hydrogens is 354 g/mol. The number of fused-ring (bicyclic) bond motifs is 5. The van der Waals surface area contributed by atoms with E-state index in [1.54, 1.807) is 14.2 Å². The summed E-state index contributed by atoms with van der Waals surface area (Å²) in [6, 6.07) is 9.09. The van der Waals surface area contributed by atoms with Gasteiger partial charge in [0.15, 0.2) is 23.0 Å². The van der Waals surface area contributed by atoms with Gasteiger partial charge < -0.3 is 18.9 Å². The monoisotopic (exact) mass is 381 g/mol. The van der Waals surface area contributed by atoms with Gasteiger partial charge >= 0.3 is 0 Å². The van der Waals surface area contributed by atoms with Crippen LogP contribution in [-0.2, 0) is 13.0 Å². The summed E-state index contributed by atoms with van der Waals surface area (Å²) in [6.07, 6.45) is 3.31. The van der Waals surface area contributed by atoms with Gasteiger partial charge in [-0.05, 0) is 47.7 Å². The van der Waals surface area contributed by atoms with E-state index in [1.807, 2.05) is 0 Å². The molecule has 3 aliphatic rings. The molecule has 5 heteroatoms. The van der Waals surface area contributed by atoms with Crippen molar-refractivity contribution in [3.63, 3.8) is 0 Å². The highest BCUT2D eigenvalue weighted by atomic mass is 16.7. The van der Waals surface area contributed by atoms with Crippen LogP contribution in [0.2, 0.25) is 0 Å². The first-order valence-corrected chi connectivity index (χ1v) is 10.1. The topological polar surface area (TPSA) is 40.2 Å². The molecule has 28 heavy (non-hydrogen) atoms. The third-order valence-electron chi connectivity index (χ3n) is 6.44. The maximum absolute atomic E-state index is 5.78. The van der Waals surface area contributed by atoms with Gasteiger partial charge in [-0.3, -0.25) is 4.90 Å². The van der Waals surface area contributed by atoms with E-state index >= 15 is 0 Å². The van der Waals surface area contributed by atoms with Gasteiger partial charge in [0.1, 0.15) is 0 Å². The molecular formula is C23H27NO4. The Morgan fingerprint density at radius 2 is 1.89 bits per heavy atom. The summed E-state index contributed by atoms with van der Waals surface area (Å²) in [6.45, 7) is 4.51. The highest BCUT2D eigenvalue weighted by molar-refractivity contribution is 5.56. The minimum Gasteiger partial charge on any atom is -0.493 e. The first kappa shape index (κ1) is 17.7. The number of hydrogen-bond donors (Lipinski definition) is 0. The lowest BCUT2D eigenvalue weighted by Crippen LogP contribution is -2.41. The van der Waals surface area contributed by atoms with Crippen LogP contribution in [0.5, 0.6) is 23.0 Å². The molecule has 0 amide bonds. The molecule has 2 atom stereocenters. The Labute approximate surface area is 166 Å². The van der Waals surface area contributed by atoms with Gasteiger partial charge in [0.25, 0.3) is 0 Å². The van der Waals surface area contributed by atoms with Gasteiger partial charge in [-0.2, -0.15) is 0 Å². The third-order valence-corrected chi connectivity index (χ3v) is 6.44. The quantitative estimate of drug-likeness (QED) is 0.784. The Morgan fingerprint density at radius 3 is 2.64 bits per heavy atom. The van der Waals surface area contributed by atoms with Crippen LogP contribution in [0.4, 0.5) is 0 Å². The van der Waals surface area contributed by atoms with Gasteiger partial charge in [0.05, 0.1) is 14.2 Å². The lowest BCUT2D eigenvalue weighted by atomic mass is 9.74. The summed E-state index contributed by atoms with van der Waals surface area (Å²) >= 11 is 0. The van der Waals surface area contributed by atoms with E-state index in [4.69, 9.17) is 18.9 Å². The molecule has 0 aromatic heterocycles. The van der Waals surface area contributed by atoms with E-state index in [2.05, 4.69) is 36.1 Å². The second kappa shape index (κ2) is 6.89. The molecule has 0 spiro atoms. The smallest absolute Gasteiger partial charge is 0.231 e. The van der Waals surface area contributed by atoms with E-state index in [-0.39, 0.29) is 0 Å². The van der Waals surface area contributed by atoms with Crippen LogP contribution in [0.1, 0.15) is 54.0 Å². The second-order valence-electron chi connectivity index (χ2n) is 7.83. The Hall–Kier alpha value is -2.40. The maximum atomic E-state index is 5.78. The molecule has 5 rings (SSSR count). The van der Waals surface area contributed by atoms with Crippen molar-refractivity contribution in [3.8, 4) is 23.0 Å². The molecule has 2 aromatic rings. The lowest BCUT2D eigenvalue weighted by molar-refractivity contribution is 0.126. The van der Waals surface area contributed by atoms with E-state index in [0.29, 0.717) is 18.8 Å². The normalized spacial score (nSPS) is 22.2. The van der Waals surface area contributed by atoms with Crippen molar-refractivity contribution in [1.29, 1.82) is 0 Å². The van der Waals surface area contributed by atoms with Crippen LogP contribution < -0.4 is 18.9 Å². The van der Waals surface area contributed by atoms with E-state index in [9.17, 15) is 0 Å². The summed E-state index contributed by atoms with van der Waals surface area (Å²) in [5.74, 6) is 3.90. The zero-order valence-corrected chi connectivity index (χ0v) is 16.8. The molecule has 0 aliphatic carbocycles. The number of nitrogens with zero attached hydrogens (tertiary/aromatic N) is 1. The summed E-state index contributed by atoms with van der Waals surface area (Å²) in [5, 5.41) is 0. The third kappa shape index (κ3) is 2.56. The van der Waals surface area contributed by atoms with Gasteiger partial charge in [-0.25, -0.2) is 0 Å². The van der Waals surface area contributed by atoms with E-state index in [1.165, 1.54) is 22.3 Å². The summed E-state index contributed by atoms with van der Waals surface area (Å²) in [5.41, 5.74) is 5.47. The zero-order chi connectivity index (χ0) is 19.3. The maximum Gasteiger partial charge on any atom is 0.231 e. The van der Waals surface area contributed by atoms with Crippen molar-refractivity contribution in [2.45, 2.75) is 44.7 Å². The average Bonchev–Trinajstić information content (AvgIpc) is 3.18. The number of methoxy groups -OCH3 is 2. The SMILES string of the molecule is CCC[C@H]1c2ccc(OC)c(OC)c2CN2CCc3cc4c(cc3[C@@H]12)OCO4. The second-order valence-corrected chi connectivity index (χ2v) is 7.83. The molecule has 2 aromatic carbocycles. The Balaban J connectivity index is 1.65. The van der Waals surface area contributed by atoms with Crippen LogP contribution in [0, 0.1) is 0 Å². The molecule has 5 nitrogen and oxygen atoms in total. The fourth-order valence-corrected chi connectivity index (χ4v) is 5.25. The van der Waals surface area contributed by atoms with Crippen molar-refractivity contribution >= 4 is 0 Å². The summed E-state index contributed by atoms with van der Waals surface area (Å²) < 4.78 is 22.7. The van der Waals surface area contributed by atoms with Gasteiger partial charge in [-0.15, -0.1) is 0 Å². The molecule has 0 saturated carbocycles. The zero-order valence-electron chi connectivity index (χ0n) is 16.8. The first-order chi connectivity index (χ1) is 13.7. The average molecular weight is 381 g/mol. The van der Waals surface area contributed by atoms with Crippen molar-refractivity contribution in [2.75, 3.05) is 27.6 Å². The Morgan fingerprint density at radius 1 is 1.07 bits per heavy atom. The highest BCUT2D eigenvalue weighted by Crippen LogP contribution is 2.52. The summed E-state index contributed by atoms with van der Waals surface area (Å²) in [4.78, 5) is 2.61. The molecule has 0 saturated heterocycles. The fourth-order valence-electron chi connectivity index (χ4n) is 5.25. The minimum atomic E-state index is 0.324. The fraction of sp³-hybridized carbons (Fsp3) is 0.478. The van der Waals surface area contributed by atoms with E-state index in [0.717, 1.165) is 55.4 Å². The first-order valence-electron chi connectivity index (χ1n) is 10.1. The van der Waals surface area contributed by atoms with Crippen molar-refractivity contribution in [2.24, 2.45) is 0 Å². The molecule has 0 N–H and O–H groups in total. The molecule has 0 bridgehead atoms. The predicted octanol–water partition coefficient (Wildman–Crippen LogP) is 4.43. The molecule has 3 heterocycles. The number of hydrogen-bond acceptors (Lipinski definition) is 5. The number of benzene rings is 2. The molecule has 0 radical (unpaired) electrons. The van der Waals surface area contributed by atoms with Gasteiger partial charge in [0, 0.05) is 30.6 Å². The minimum absolute atomic E-state index is 0.324. The number of rotatable bonds is 4. The Bertz CT molecular complexity index is 910. The number of ether oxygens (including phenoxy) is 4. The Kier molecular flexibility index (Phi) is 4.35. The standard InChI is InChI=1S/C23H27NO4/c1-4-5-16-15-6-7-19(25-2)23(26-3)18(15)12-24-9-8-14-10-20-21(28-13-27-20)11-17(14)22(16)24/h6-7,10-11,16,22H,4-5,8-9,12-13H2,1-3H3/t16-,22+/m0/s1. The van der Waals surface area contributed by atoms with E-state index < -0.39 is 0 Å². The summed E-state index contributed by atoms with van der Waals surface area (Å²) in [7, 11) is 3.45. The van der Waals surface area contributed by atoms with Crippen LogP contribution in [-0.4, -0.2) is 32.5 Å². The van der Waals surface area contributed by atoms with Crippen LogP contribution in [0.3, 0.4) is 0 Å². The molecule has 3 aliphatic heterocycles. The molecule has 0 fully saturated rings. The van der Waals surface area contributed by atoms with Gasteiger partial charge in [-0.1, -0.05) is 19.4 Å². The molecule has 0 unspecified atom stereocenters.